The Balaban J connectivity index is 2.01. The fraction of sp³-hybridized carbons (Fsp3) is 0.909. The molecule has 5 nitrogen and oxygen atoms in total. The van der Waals surface area contributed by atoms with Gasteiger partial charge in [-0.2, -0.15) is 0 Å². The summed E-state index contributed by atoms with van der Waals surface area (Å²) in [7, 11) is 0. The van der Waals surface area contributed by atoms with E-state index < -0.39 is 18.4 Å². The normalized spacial score (nSPS) is 36.8. The number of carbonyl (C=O) groups excluding carboxylic acids is 1. The molecule has 1 aliphatic carbocycles. The zero-order valence-electron chi connectivity index (χ0n) is 9.64. The number of esters is 1. The van der Waals surface area contributed by atoms with Crippen LogP contribution in [0.5, 0.6) is 0 Å². The van der Waals surface area contributed by atoms with E-state index in [1.54, 1.807) is 0 Å². The van der Waals surface area contributed by atoms with Crippen molar-refractivity contribution in [3.8, 4) is 0 Å². The van der Waals surface area contributed by atoms with Crippen molar-refractivity contribution in [1.29, 1.82) is 0 Å². The van der Waals surface area contributed by atoms with Crippen molar-refractivity contribution >= 4 is 5.97 Å². The molecule has 0 radical (unpaired) electrons. The SMILES string of the molecule is CC1(C)O[C@H]2[C@H](OC(=O)CO)CCC[C@H]2O1. The smallest absolute Gasteiger partial charge is 0.332 e. The van der Waals surface area contributed by atoms with Gasteiger partial charge in [0, 0.05) is 0 Å². The van der Waals surface area contributed by atoms with Crippen molar-refractivity contribution in [2.75, 3.05) is 6.61 Å². The second kappa shape index (κ2) is 4.31. The van der Waals surface area contributed by atoms with Crippen LogP contribution in [0.4, 0.5) is 0 Å². The summed E-state index contributed by atoms with van der Waals surface area (Å²) >= 11 is 0. The molecule has 0 bridgehead atoms. The molecule has 1 aliphatic heterocycles. The van der Waals surface area contributed by atoms with Crippen molar-refractivity contribution in [2.45, 2.75) is 57.2 Å². The monoisotopic (exact) mass is 230 g/mol. The predicted octanol–water partition coefficient (Wildman–Crippen LogP) is 0.594. The third-order valence-corrected chi connectivity index (χ3v) is 2.98. The Hall–Kier alpha value is -0.650. The van der Waals surface area contributed by atoms with E-state index >= 15 is 0 Å². The summed E-state index contributed by atoms with van der Waals surface area (Å²) in [6, 6.07) is 0. The Kier molecular flexibility index (Phi) is 3.19. The molecule has 2 fully saturated rings. The minimum absolute atomic E-state index is 0.000225. The van der Waals surface area contributed by atoms with Crippen LogP contribution < -0.4 is 0 Å². The van der Waals surface area contributed by atoms with E-state index in [9.17, 15) is 4.79 Å². The molecule has 0 aromatic carbocycles. The van der Waals surface area contributed by atoms with Crippen LogP contribution in [0.25, 0.3) is 0 Å². The van der Waals surface area contributed by atoms with E-state index in [-0.39, 0.29) is 18.3 Å². The van der Waals surface area contributed by atoms with Gasteiger partial charge in [0.2, 0.25) is 0 Å². The van der Waals surface area contributed by atoms with Crippen molar-refractivity contribution in [1.82, 2.24) is 0 Å². The quantitative estimate of drug-likeness (QED) is 0.703. The number of fused-ring (bicyclic) bond motifs is 1. The molecule has 0 aromatic heterocycles. The predicted molar refractivity (Wildman–Crippen MR) is 54.6 cm³/mol. The minimum atomic E-state index is -0.608. The Morgan fingerprint density at radius 2 is 2.19 bits per heavy atom. The molecular formula is C11H18O5. The highest BCUT2D eigenvalue weighted by atomic mass is 16.8. The third-order valence-electron chi connectivity index (χ3n) is 2.98. The van der Waals surface area contributed by atoms with Gasteiger partial charge in [-0.15, -0.1) is 0 Å². The van der Waals surface area contributed by atoms with Crippen LogP contribution in [-0.2, 0) is 19.0 Å². The number of carbonyl (C=O) groups is 1. The lowest BCUT2D eigenvalue weighted by Crippen LogP contribution is -2.42. The average molecular weight is 230 g/mol. The van der Waals surface area contributed by atoms with Gasteiger partial charge in [-0.3, -0.25) is 0 Å². The summed E-state index contributed by atoms with van der Waals surface area (Å²) in [6.07, 6.45) is 2.16. The van der Waals surface area contributed by atoms with E-state index in [0.29, 0.717) is 0 Å². The molecule has 92 valence electrons. The summed E-state index contributed by atoms with van der Waals surface area (Å²) in [5.74, 6) is -1.21. The van der Waals surface area contributed by atoms with Crippen molar-refractivity contribution in [3.63, 3.8) is 0 Å². The van der Waals surface area contributed by atoms with E-state index in [2.05, 4.69) is 0 Å². The first kappa shape index (κ1) is 11.8. The van der Waals surface area contributed by atoms with Gasteiger partial charge >= 0.3 is 5.97 Å². The highest BCUT2D eigenvalue weighted by Gasteiger charge is 2.48. The number of aliphatic hydroxyl groups is 1. The molecule has 0 aromatic rings. The molecule has 2 aliphatic rings. The number of ether oxygens (including phenoxy) is 3. The fourth-order valence-corrected chi connectivity index (χ4v) is 2.42. The number of hydrogen-bond acceptors (Lipinski definition) is 5. The summed E-state index contributed by atoms with van der Waals surface area (Å²) in [6.45, 7) is 3.13. The first-order chi connectivity index (χ1) is 7.52. The van der Waals surface area contributed by atoms with E-state index in [4.69, 9.17) is 19.3 Å². The first-order valence-electron chi connectivity index (χ1n) is 5.68. The van der Waals surface area contributed by atoms with Gasteiger partial charge in [0.1, 0.15) is 18.8 Å². The zero-order chi connectivity index (χ0) is 11.8. The molecule has 0 unspecified atom stereocenters. The number of aliphatic hydroxyl groups excluding tert-OH is 1. The number of rotatable bonds is 2. The molecule has 1 saturated carbocycles. The van der Waals surface area contributed by atoms with Gasteiger partial charge in [-0.1, -0.05) is 0 Å². The van der Waals surface area contributed by atoms with Gasteiger partial charge < -0.3 is 19.3 Å². The van der Waals surface area contributed by atoms with Crippen LogP contribution in [0.15, 0.2) is 0 Å². The molecule has 1 saturated heterocycles. The molecule has 3 atom stereocenters. The highest BCUT2D eigenvalue weighted by molar-refractivity contribution is 5.70. The summed E-state index contributed by atoms with van der Waals surface area (Å²) < 4.78 is 16.6. The summed E-state index contributed by atoms with van der Waals surface area (Å²) in [4.78, 5) is 11.1. The van der Waals surface area contributed by atoms with Gasteiger partial charge in [-0.25, -0.2) is 4.79 Å². The topological polar surface area (TPSA) is 65.0 Å². The second-order valence-electron chi connectivity index (χ2n) is 4.76. The Morgan fingerprint density at radius 1 is 1.44 bits per heavy atom. The molecule has 1 N–H and O–H groups in total. The molecule has 1 heterocycles. The Bertz CT molecular complexity index is 276. The maximum absolute atomic E-state index is 11.1. The lowest BCUT2D eigenvalue weighted by molar-refractivity contribution is -0.172. The van der Waals surface area contributed by atoms with Crippen molar-refractivity contribution < 1.29 is 24.1 Å². The van der Waals surface area contributed by atoms with Crippen LogP contribution in [0.1, 0.15) is 33.1 Å². The van der Waals surface area contributed by atoms with Crippen LogP contribution in [0.2, 0.25) is 0 Å². The average Bonchev–Trinajstić information content (AvgIpc) is 2.53. The molecule has 16 heavy (non-hydrogen) atoms. The first-order valence-corrected chi connectivity index (χ1v) is 5.68. The van der Waals surface area contributed by atoms with E-state index in [1.807, 2.05) is 13.8 Å². The third kappa shape index (κ3) is 2.36. The number of hydrogen-bond donors (Lipinski definition) is 1. The van der Waals surface area contributed by atoms with Crippen LogP contribution in [-0.4, -0.2) is 41.8 Å². The van der Waals surface area contributed by atoms with Gasteiger partial charge in [-0.05, 0) is 33.1 Å². The molecule has 0 amide bonds. The Morgan fingerprint density at radius 3 is 2.88 bits per heavy atom. The molecular weight excluding hydrogens is 212 g/mol. The maximum atomic E-state index is 11.1. The molecule has 2 rings (SSSR count). The largest absolute Gasteiger partial charge is 0.458 e. The lowest BCUT2D eigenvalue weighted by Gasteiger charge is -2.30. The summed E-state index contributed by atoms with van der Waals surface area (Å²) in [5.41, 5.74) is 0. The minimum Gasteiger partial charge on any atom is -0.458 e. The summed E-state index contributed by atoms with van der Waals surface area (Å²) in [5, 5.41) is 8.66. The standard InChI is InChI=1S/C11H18O5/c1-11(2)15-8-5-3-4-7(10(8)16-11)14-9(13)6-12/h7-8,10,12H,3-6H2,1-2H3/t7-,8-,10+/m1/s1. The van der Waals surface area contributed by atoms with Crippen LogP contribution >= 0.6 is 0 Å². The molecule has 5 heteroatoms. The Labute approximate surface area is 94.7 Å². The van der Waals surface area contributed by atoms with Crippen molar-refractivity contribution in [3.05, 3.63) is 0 Å². The van der Waals surface area contributed by atoms with Gasteiger partial charge in [0.15, 0.2) is 5.79 Å². The van der Waals surface area contributed by atoms with Crippen LogP contribution in [0, 0.1) is 0 Å². The highest BCUT2D eigenvalue weighted by Crippen LogP contribution is 2.37. The van der Waals surface area contributed by atoms with E-state index in [0.717, 1.165) is 19.3 Å². The second-order valence-corrected chi connectivity index (χ2v) is 4.76. The van der Waals surface area contributed by atoms with Gasteiger partial charge in [0.25, 0.3) is 0 Å². The molecule has 0 spiro atoms. The van der Waals surface area contributed by atoms with Crippen molar-refractivity contribution in [2.24, 2.45) is 0 Å². The zero-order valence-corrected chi connectivity index (χ0v) is 9.64. The van der Waals surface area contributed by atoms with Gasteiger partial charge in [0.05, 0.1) is 6.10 Å². The van der Waals surface area contributed by atoms with Crippen LogP contribution in [0.3, 0.4) is 0 Å². The maximum Gasteiger partial charge on any atom is 0.332 e. The van der Waals surface area contributed by atoms with E-state index in [1.165, 1.54) is 0 Å². The lowest BCUT2D eigenvalue weighted by atomic mass is 9.92. The fourth-order valence-electron chi connectivity index (χ4n) is 2.42.